The molecule has 7 nitrogen and oxygen atoms in total. The first-order chi connectivity index (χ1) is 24.7. The van der Waals surface area contributed by atoms with E-state index in [0.29, 0.717) is 29.0 Å². The number of unbranched alkanes of at least 4 members (excludes halogenated alkanes) is 1. The topological polar surface area (TPSA) is 97.5 Å². The highest BCUT2D eigenvalue weighted by atomic mass is 35.5. The molecule has 2 aliphatic heterocycles. The van der Waals surface area contributed by atoms with Gasteiger partial charge in [-0.05, 0) is 139 Å². The summed E-state index contributed by atoms with van der Waals surface area (Å²) in [4.78, 5) is 16.5. The molecule has 1 aromatic carbocycles. The summed E-state index contributed by atoms with van der Waals surface area (Å²) in [5, 5.41) is 27.7. The van der Waals surface area contributed by atoms with Gasteiger partial charge in [0.1, 0.15) is 6.04 Å². The van der Waals surface area contributed by atoms with Crippen molar-refractivity contribution in [3.05, 3.63) is 104 Å². The first-order valence-corrected chi connectivity index (χ1v) is 19.9. The Morgan fingerprint density at radius 1 is 1.18 bits per heavy atom. The monoisotopic (exact) mass is 730 g/mol. The Labute approximate surface area is 311 Å². The molecule has 4 heterocycles. The summed E-state index contributed by atoms with van der Waals surface area (Å²) >= 11 is 8.47. The molecular formula is C41H52ClFN6OS. The van der Waals surface area contributed by atoms with E-state index in [-0.39, 0.29) is 0 Å². The van der Waals surface area contributed by atoms with Crippen molar-refractivity contribution in [1.82, 2.24) is 20.2 Å². The number of hydrogen-bond acceptors (Lipinski definition) is 8. The standard InChI is InChI=1S/C41H52ClFN6OS/c1-28-12-13-33(34(42)24-28)38-37(35(44)11-5-3-4-8-29(2)43)36-25-31(27-49(36)39(48-38)40-47-22-23-51-40)9-6-19-45-21-16-30-14-17-41(50,18-15-30)32-10-7-20-46-26-32/h5,7,10-13,20,22-24,26,29-31,38,44-45,50H,3-4,6,8-9,14-19,21,25,27H2,1-2H3/b11-5-,44-35?/t29?,30-,31-,38-,41+/m0/s1. The third-order valence-corrected chi connectivity index (χ3v) is 11.9. The number of aliphatic imine (C=N–C) groups is 1. The lowest BCUT2D eigenvalue weighted by Crippen LogP contribution is -2.35. The molecule has 3 N–H and O–H groups in total. The van der Waals surface area contributed by atoms with Crippen LogP contribution in [0, 0.1) is 24.2 Å². The van der Waals surface area contributed by atoms with Crippen LogP contribution in [-0.4, -0.2) is 57.3 Å². The van der Waals surface area contributed by atoms with Crippen molar-refractivity contribution in [2.75, 3.05) is 19.6 Å². The van der Waals surface area contributed by atoms with Crippen LogP contribution >= 0.6 is 22.9 Å². The predicted molar refractivity (Wildman–Crippen MR) is 208 cm³/mol. The zero-order chi connectivity index (χ0) is 35.8. The molecule has 3 aliphatic rings. The number of hydrogen-bond donors (Lipinski definition) is 3. The molecule has 2 fully saturated rings. The first kappa shape index (κ1) is 37.5. The number of fused-ring (bicyclic) bond motifs is 1. The number of alkyl halides is 1. The second-order valence-electron chi connectivity index (χ2n) is 14.7. The minimum atomic E-state index is -0.815. The minimum Gasteiger partial charge on any atom is -0.385 e. The van der Waals surface area contributed by atoms with Gasteiger partial charge in [-0.2, -0.15) is 0 Å². The minimum absolute atomic E-state index is 0.410. The van der Waals surface area contributed by atoms with E-state index in [1.807, 2.05) is 54.9 Å². The second-order valence-corrected chi connectivity index (χ2v) is 16.0. The van der Waals surface area contributed by atoms with Crippen LogP contribution in [0.15, 0.2) is 82.7 Å². The van der Waals surface area contributed by atoms with Gasteiger partial charge in [0.25, 0.3) is 0 Å². The van der Waals surface area contributed by atoms with Crippen LogP contribution in [0.1, 0.15) is 105 Å². The smallest absolute Gasteiger partial charge is 0.165 e. The number of amidine groups is 1. The fourth-order valence-electron chi connectivity index (χ4n) is 7.91. The van der Waals surface area contributed by atoms with Crippen molar-refractivity contribution < 1.29 is 9.50 Å². The molecule has 272 valence electrons. The summed E-state index contributed by atoms with van der Waals surface area (Å²) in [5.74, 6) is 1.93. The second kappa shape index (κ2) is 17.5. The summed E-state index contributed by atoms with van der Waals surface area (Å²) in [7, 11) is 0. The van der Waals surface area contributed by atoms with E-state index < -0.39 is 17.8 Å². The van der Waals surface area contributed by atoms with Gasteiger partial charge in [0, 0.05) is 52.4 Å². The maximum absolute atomic E-state index is 13.4. The summed E-state index contributed by atoms with van der Waals surface area (Å²) in [6.07, 6.45) is 18.3. The Balaban J connectivity index is 1.10. The molecule has 10 heteroatoms. The van der Waals surface area contributed by atoms with E-state index in [2.05, 4.69) is 26.3 Å². The predicted octanol–water partition coefficient (Wildman–Crippen LogP) is 9.52. The van der Waals surface area contributed by atoms with Crippen molar-refractivity contribution in [3.8, 4) is 0 Å². The van der Waals surface area contributed by atoms with E-state index in [1.54, 1.807) is 30.7 Å². The SMILES string of the molecule is Cc1ccc([C@@H]2N=C(c3nccs3)N3C[C@@H](CCCNCC[C@H]4CC[C@](O)(c5cccnc5)CC4)CC3=C2C(=N)/C=C\CCCC(C)F)c(Cl)c1. The molecule has 0 radical (unpaired) electrons. The lowest BCUT2D eigenvalue weighted by molar-refractivity contribution is -0.0153. The largest absolute Gasteiger partial charge is 0.385 e. The number of aromatic nitrogens is 2. The molecule has 51 heavy (non-hydrogen) atoms. The highest BCUT2D eigenvalue weighted by molar-refractivity contribution is 7.11. The summed E-state index contributed by atoms with van der Waals surface area (Å²) in [5.41, 5.74) is 4.68. The Morgan fingerprint density at radius 3 is 2.75 bits per heavy atom. The lowest BCUT2D eigenvalue weighted by Gasteiger charge is -2.36. The van der Waals surface area contributed by atoms with Crippen LogP contribution in [0.25, 0.3) is 0 Å². The van der Waals surface area contributed by atoms with Crippen LogP contribution in [0.4, 0.5) is 4.39 Å². The van der Waals surface area contributed by atoms with E-state index in [4.69, 9.17) is 16.6 Å². The van der Waals surface area contributed by atoms with E-state index >= 15 is 0 Å². The van der Waals surface area contributed by atoms with Crippen LogP contribution in [0.3, 0.4) is 0 Å². The van der Waals surface area contributed by atoms with Crippen molar-refractivity contribution in [1.29, 1.82) is 5.41 Å². The van der Waals surface area contributed by atoms with E-state index in [9.17, 15) is 14.9 Å². The molecule has 1 saturated heterocycles. The van der Waals surface area contributed by atoms with E-state index in [0.717, 1.165) is 123 Å². The van der Waals surface area contributed by atoms with Gasteiger partial charge in [-0.15, -0.1) is 11.3 Å². The molecule has 0 bridgehead atoms. The van der Waals surface area contributed by atoms with Gasteiger partial charge in [0.15, 0.2) is 10.8 Å². The Hall–Kier alpha value is -3.24. The van der Waals surface area contributed by atoms with Crippen LogP contribution in [0.5, 0.6) is 0 Å². The summed E-state index contributed by atoms with van der Waals surface area (Å²) in [6, 6.07) is 9.58. The van der Waals surface area contributed by atoms with Gasteiger partial charge in [-0.25, -0.2) is 9.37 Å². The lowest BCUT2D eigenvalue weighted by atomic mass is 9.75. The van der Waals surface area contributed by atoms with Gasteiger partial charge in [0.2, 0.25) is 0 Å². The summed E-state index contributed by atoms with van der Waals surface area (Å²) < 4.78 is 13.4. The first-order valence-electron chi connectivity index (χ1n) is 18.7. The maximum Gasteiger partial charge on any atom is 0.165 e. The Morgan fingerprint density at radius 2 is 2.02 bits per heavy atom. The molecule has 6 rings (SSSR count). The average molecular weight is 731 g/mol. The number of nitrogens with one attached hydrogen (secondary N) is 2. The van der Waals surface area contributed by atoms with Crippen LogP contribution < -0.4 is 5.32 Å². The molecule has 3 atom stereocenters. The molecule has 3 aromatic rings. The number of rotatable bonds is 16. The number of aliphatic hydroxyl groups is 1. The zero-order valence-corrected chi connectivity index (χ0v) is 31.5. The number of nitrogens with zero attached hydrogens (tertiary/aromatic N) is 4. The average Bonchev–Trinajstić information content (AvgIpc) is 3.81. The normalized spacial score (nSPS) is 24.2. The molecule has 1 aliphatic carbocycles. The molecular weight excluding hydrogens is 679 g/mol. The van der Waals surface area contributed by atoms with Crippen LogP contribution in [-0.2, 0) is 5.60 Å². The molecule has 0 spiro atoms. The number of pyridine rings is 1. The van der Waals surface area contributed by atoms with Gasteiger partial charge < -0.3 is 20.7 Å². The number of halogens is 2. The van der Waals surface area contributed by atoms with Gasteiger partial charge in [-0.1, -0.05) is 35.9 Å². The maximum atomic E-state index is 13.4. The van der Waals surface area contributed by atoms with Crippen molar-refractivity contribution >= 4 is 34.5 Å². The van der Waals surface area contributed by atoms with Crippen LogP contribution in [0.2, 0.25) is 5.02 Å². The number of allylic oxidation sites excluding steroid dienone is 3. The van der Waals surface area contributed by atoms with E-state index in [1.165, 1.54) is 0 Å². The quantitative estimate of drug-likeness (QED) is 0.101. The zero-order valence-electron chi connectivity index (χ0n) is 30.0. The Bertz CT molecular complexity index is 1700. The highest BCUT2D eigenvalue weighted by Crippen LogP contribution is 2.45. The van der Waals surface area contributed by atoms with Gasteiger partial charge >= 0.3 is 0 Å². The van der Waals surface area contributed by atoms with Gasteiger partial charge in [-0.3, -0.25) is 9.98 Å². The number of thiazole rings is 1. The van der Waals surface area contributed by atoms with Crippen molar-refractivity contribution in [2.24, 2.45) is 16.8 Å². The van der Waals surface area contributed by atoms with Crippen molar-refractivity contribution in [2.45, 2.75) is 102 Å². The Kier molecular flexibility index (Phi) is 12.9. The number of benzene rings is 1. The number of aryl methyl sites for hydroxylation is 1. The highest BCUT2D eigenvalue weighted by Gasteiger charge is 2.40. The summed E-state index contributed by atoms with van der Waals surface area (Å²) in [6.45, 7) is 6.44. The molecule has 0 amide bonds. The molecule has 1 unspecified atom stereocenters. The van der Waals surface area contributed by atoms with Crippen molar-refractivity contribution in [3.63, 3.8) is 0 Å². The molecule has 2 aromatic heterocycles. The fourth-order valence-corrected chi connectivity index (χ4v) is 8.88. The third kappa shape index (κ3) is 9.41. The fraction of sp³-hybridized carbons (Fsp3) is 0.512. The molecule has 1 saturated carbocycles. The van der Waals surface area contributed by atoms with Gasteiger partial charge in [0.05, 0.1) is 17.5 Å². The third-order valence-electron chi connectivity index (χ3n) is 10.8.